The molecule has 0 fully saturated rings. The summed E-state index contributed by atoms with van der Waals surface area (Å²) in [6.07, 6.45) is 1.14. The van der Waals surface area contributed by atoms with E-state index in [1.54, 1.807) is 13.0 Å². The number of primary amides is 1. The highest BCUT2D eigenvalue weighted by Crippen LogP contribution is 2.09. The number of rotatable bonds is 4. The van der Waals surface area contributed by atoms with Gasteiger partial charge in [0.05, 0.1) is 17.9 Å². The molecule has 5 heteroatoms. The minimum absolute atomic E-state index is 0.145. The van der Waals surface area contributed by atoms with Crippen molar-refractivity contribution < 1.29 is 9.18 Å². The number of nitrogens with zero attached hydrogens (tertiary/aromatic N) is 1. The van der Waals surface area contributed by atoms with Crippen LogP contribution in [0.3, 0.4) is 0 Å². The zero-order chi connectivity index (χ0) is 11.4. The maximum Gasteiger partial charge on any atom is 0.234 e. The van der Waals surface area contributed by atoms with Crippen molar-refractivity contribution in [3.8, 4) is 0 Å². The van der Waals surface area contributed by atoms with E-state index in [0.717, 1.165) is 6.20 Å². The van der Waals surface area contributed by atoms with Crippen LogP contribution in [0.1, 0.15) is 25.6 Å². The summed E-state index contributed by atoms with van der Waals surface area (Å²) in [5.41, 5.74) is 5.78. The monoisotopic (exact) mass is 211 g/mol. The Morgan fingerprint density at radius 2 is 2.20 bits per heavy atom. The minimum Gasteiger partial charge on any atom is -0.368 e. The molecule has 2 unspecified atom stereocenters. The molecule has 1 aromatic heterocycles. The Bertz CT molecular complexity index is 339. The molecule has 0 aliphatic rings. The average molecular weight is 211 g/mol. The molecular formula is C10H14FN3O. The van der Waals surface area contributed by atoms with Gasteiger partial charge >= 0.3 is 0 Å². The number of nitrogens with two attached hydrogens (primary N) is 1. The quantitative estimate of drug-likeness (QED) is 0.772. The molecular weight excluding hydrogens is 197 g/mol. The Kier molecular flexibility index (Phi) is 3.74. The van der Waals surface area contributed by atoms with Gasteiger partial charge in [-0.1, -0.05) is 0 Å². The van der Waals surface area contributed by atoms with Gasteiger partial charge in [0.1, 0.15) is 5.82 Å². The van der Waals surface area contributed by atoms with Gasteiger partial charge in [-0.3, -0.25) is 15.1 Å². The van der Waals surface area contributed by atoms with Crippen molar-refractivity contribution >= 4 is 5.91 Å². The van der Waals surface area contributed by atoms with Crippen molar-refractivity contribution in [1.29, 1.82) is 0 Å². The molecule has 0 saturated heterocycles. The highest BCUT2D eigenvalue weighted by atomic mass is 19.1. The number of pyridine rings is 1. The van der Waals surface area contributed by atoms with Crippen molar-refractivity contribution in [1.82, 2.24) is 10.3 Å². The third-order valence-corrected chi connectivity index (χ3v) is 2.12. The van der Waals surface area contributed by atoms with Crippen LogP contribution in [0.25, 0.3) is 0 Å². The molecule has 1 rings (SSSR count). The number of carbonyl (C=O) groups excluding carboxylic acids is 1. The van der Waals surface area contributed by atoms with Gasteiger partial charge in [0.25, 0.3) is 0 Å². The van der Waals surface area contributed by atoms with E-state index >= 15 is 0 Å². The summed E-state index contributed by atoms with van der Waals surface area (Å²) in [6.45, 7) is 3.50. The lowest BCUT2D eigenvalue weighted by atomic mass is 10.2. The lowest BCUT2D eigenvalue weighted by molar-refractivity contribution is -0.119. The Hall–Kier alpha value is -1.49. The summed E-state index contributed by atoms with van der Waals surface area (Å²) in [7, 11) is 0. The molecule has 4 nitrogen and oxygen atoms in total. The first-order valence-corrected chi connectivity index (χ1v) is 4.67. The molecule has 1 amide bonds. The van der Waals surface area contributed by atoms with Gasteiger partial charge in [0, 0.05) is 6.04 Å². The second kappa shape index (κ2) is 4.84. The topological polar surface area (TPSA) is 68.0 Å². The third kappa shape index (κ3) is 3.28. The highest BCUT2D eigenvalue weighted by molar-refractivity contribution is 5.79. The third-order valence-electron chi connectivity index (χ3n) is 2.12. The van der Waals surface area contributed by atoms with Gasteiger partial charge in [-0.2, -0.15) is 0 Å². The van der Waals surface area contributed by atoms with Crippen LogP contribution in [0.5, 0.6) is 0 Å². The Morgan fingerprint density at radius 1 is 1.53 bits per heavy atom. The molecule has 0 aliphatic heterocycles. The average Bonchev–Trinajstić information content (AvgIpc) is 2.18. The zero-order valence-corrected chi connectivity index (χ0v) is 8.70. The number of nitrogens with one attached hydrogen (secondary N) is 1. The molecule has 0 spiro atoms. The number of aromatic nitrogens is 1. The van der Waals surface area contributed by atoms with Crippen LogP contribution in [-0.4, -0.2) is 16.9 Å². The van der Waals surface area contributed by atoms with Crippen LogP contribution in [0.2, 0.25) is 0 Å². The van der Waals surface area contributed by atoms with E-state index < -0.39 is 11.9 Å². The molecule has 0 aliphatic carbocycles. The van der Waals surface area contributed by atoms with Crippen LogP contribution in [0.4, 0.5) is 4.39 Å². The van der Waals surface area contributed by atoms with Crippen LogP contribution < -0.4 is 11.1 Å². The van der Waals surface area contributed by atoms with Gasteiger partial charge in [-0.05, 0) is 26.0 Å². The number of amides is 1. The Morgan fingerprint density at radius 3 is 2.67 bits per heavy atom. The summed E-state index contributed by atoms with van der Waals surface area (Å²) >= 11 is 0. The van der Waals surface area contributed by atoms with Crippen LogP contribution in [0, 0.1) is 5.82 Å². The van der Waals surface area contributed by atoms with Crippen molar-refractivity contribution in [3.63, 3.8) is 0 Å². The first kappa shape index (κ1) is 11.6. The zero-order valence-electron chi connectivity index (χ0n) is 8.70. The molecule has 1 heterocycles. The Balaban J connectivity index is 2.64. The molecule has 3 N–H and O–H groups in total. The van der Waals surface area contributed by atoms with Crippen LogP contribution in [0.15, 0.2) is 18.3 Å². The normalized spacial score (nSPS) is 14.6. The van der Waals surface area contributed by atoms with Gasteiger partial charge in [-0.25, -0.2) is 4.39 Å². The molecule has 0 radical (unpaired) electrons. The summed E-state index contributed by atoms with van der Waals surface area (Å²) < 4.78 is 12.6. The second-order valence-electron chi connectivity index (χ2n) is 3.41. The fourth-order valence-electron chi connectivity index (χ4n) is 1.19. The van der Waals surface area contributed by atoms with Gasteiger partial charge in [-0.15, -0.1) is 0 Å². The SMILES string of the molecule is CC(NC(C)c1ccc(F)cn1)C(N)=O. The van der Waals surface area contributed by atoms with E-state index in [-0.39, 0.29) is 11.9 Å². The number of hydrogen-bond acceptors (Lipinski definition) is 3. The number of hydrogen-bond donors (Lipinski definition) is 2. The molecule has 82 valence electrons. The van der Waals surface area contributed by atoms with Crippen molar-refractivity contribution in [2.24, 2.45) is 5.73 Å². The van der Waals surface area contributed by atoms with Crippen molar-refractivity contribution in [2.45, 2.75) is 25.9 Å². The summed E-state index contributed by atoms with van der Waals surface area (Å²) in [5, 5.41) is 2.96. The van der Waals surface area contributed by atoms with E-state index in [4.69, 9.17) is 5.73 Å². The Labute approximate surface area is 87.7 Å². The van der Waals surface area contributed by atoms with Crippen molar-refractivity contribution in [2.75, 3.05) is 0 Å². The smallest absolute Gasteiger partial charge is 0.234 e. The van der Waals surface area contributed by atoms with E-state index in [1.165, 1.54) is 6.07 Å². The lowest BCUT2D eigenvalue weighted by Gasteiger charge is -2.16. The van der Waals surface area contributed by atoms with Crippen molar-refractivity contribution in [3.05, 3.63) is 29.8 Å². The fraction of sp³-hybridized carbons (Fsp3) is 0.400. The summed E-state index contributed by atoms with van der Waals surface area (Å²) in [6, 6.07) is 2.32. The first-order chi connectivity index (χ1) is 7.00. The summed E-state index contributed by atoms with van der Waals surface area (Å²) in [5.74, 6) is -0.808. The molecule has 0 aromatic carbocycles. The van der Waals surface area contributed by atoms with Crippen LogP contribution >= 0.6 is 0 Å². The van der Waals surface area contributed by atoms with E-state index in [0.29, 0.717) is 5.69 Å². The predicted molar refractivity (Wildman–Crippen MR) is 54.4 cm³/mol. The number of halogens is 1. The molecule has 2 atom stereocenters. The maximum absolute atomic E-state index is 12.6. The molecule has 15 heavy (non-hydrogen) atoms. The molecule has 1 aromatic rings. The maximum atomic E-state index is 12.6. The summed E-state index contributed by atoms with van der Waals surface area (Å²) in [4.78, 5) is 14.7. The lowest BCUT2D eigenvalue weighted by Crippen LogP contribution is -2.40. The first-order valence-electron chi connectivity index (χ1n) is 4.67. The second-order valence-corrected chi connectivity index (χ2v) is 3.41. The molecule has 0 saturated carbocycles. The van der Waals surface area contributed by atoms with Gasteiger partial charge in [0.15, 0.2) is 0 Å². The fourth-order valence-corrected chi connectivity index (χ4v) is 1.19. The van der Waals surface area contributed by atoms with Gasteiger partial charge < -0.3 is 5.73 Å². The van der Waals surface area contributed by atoms with Crippen LogP contribution in [-0.2, 0) is 4.79 Å². The number of carbonyl (C=O) groups is 1. The predicted octanol–water partition coefficient (Wildman–Crippen LogP) is 0.745. The minimum atomic E-state index is -0.438. The van der Waals surface area contributed by atoms with E-state index in [9.17, 15) is 9.18 Å². The van der Waals surface area contributed by atoms with Gasteiger partial charge in [0.2, 0.25) is 5.91 Å². The largest absolute Gasteiger partial charge is 0.368 e. The highest BCUT2D eigenvalue weighted by Gasteiger charge is 2.13. The molecule has 0 bridgehead atoms. The standard InChI is InChI=1S/C10H14FN3O/c1-6(14-7(2)10(12)15)9-4-3-8(11)5-13-9/h3-7,14H,1-2H3,(H2,12,15). The van der Waals surface area contributed by atoms with E-state index in [1.807, 2.05) is 6.92 Å². The van der Waals surface area contributed by atoms with E-state index in [2.05, 4.69) is 10.3 Å².